The highest BCUT2D eigenvalue weighted by Gasteiger charge is 2.16. The Balaban J connectivity index is 0.00000729. The average Bonchev–Trinajstić information content (AvgIpc) is 2.55. The first-order valence-corrected chi connectivity index (χ1v) is 8.57. The number of esters is 1. The van der Waals surface area contributed by atoms with Crippen LogP contribution in [0.25, 0.3) is 0 Å². The zero-order chi connectivity index (χ0) is 20.4. The molecule has 0 saturated heterocycles. The van der Waals surface area contributed by atoms with Crippen molar-refractivity contribution in [3.05, 3.63) is 29.8 Å². The third kappa shape index (κ3) is 11.2. The standard InChI is InChI=1S/C18H27F2N3O4.HI/c1-5-21-17(23-11-15(25)27-18(2,3)4)22-10-14(24)12-6-8-13(9-7-12)26-16(19)20;/h6-9,14,16,24H,5,10-11H2,1-4H3,(H2,21,22,23);1H. The summed E-state index contributed by atoms with van der Waals surface area (Å²) in [6, 6.07) is 5.70. The molecule has 1 rings (SSSR count). The van der Waals surface area contributed by atoms with Crippen molar-refractivity contribution in [3.8, 4) is 5.75 Å². The summed E-state index contributed by atoms with van der Waals surface area (Å²) in [6.07, 6.45) is -0.906. The molecule has 10 heteroatoms. The minimum Gasteiger partial charge on any atom is -0.459 e. The van der Waals surface area contributed by atoms with E-state index in [0.29, 0.717) is 18.1 Å². The molecule has 0 fully saturated rings. The quantitative estimate of drug-likeness (QED) is 0.214. The third-order valence-corrected chi connectivity index (χ3v) is 3.08. The highest BCUT2D eigenvalue weighted by molar-refractivity contribution is 14.0. The molecule has 0 saturated carbocycles. The smallest absolute Gasteiger partial charge is 0.387 e. The summed E-state index contributed by atoms with van der Waals surface area (Å²) in [4.78, 5) is 15.9. The molecule has 0 spiro atoms. The maximum atomic E-state index is 12.1. The van der Waals surface area contributed by atoms with Gasteiger partial charge in [-0.1, -0.05) is 12.1 Å². The molecular weight excluding hydrogens is 487 g/mol. The first-order valence-electron chi connectivity index (χ1n) is 8.57. The topological polar surface area (TPSA) is 92.2 Å². The highest BCUT2D eigenvalue weighted by atomic mass is 127. The predicted molar refractivity (Wildman–Crippen MR) is 113 cm³/mol. The maximum Gasteiger partial charge on any atom is 0.387 e. The van der Waals surface area contributed by atoms with Crippen LogP contribution in [0.4, 0.5) is 8.78 Å². The molecule has 3 N–H and O–H groups in total. The number of ether oxygens (including phenoxy) is 2. The first kappa shape index (κ1) is 26.3. The van der Waals surface area contributed by atoms with Gasteiger partial charge in [0.1, 0.15) is 17.9 Å². The predicted octanol–water partition coefficient (Wildman–Crippen LogP) is 2.84. The number of guanidine groups is 1. The number of hydrogen-bond acceptors (Lipinski definition) is 5. The molecule has 0 aliphatic rings. The Kier molecular flexibility index (Phi) is 11.9. The highest BCUT2D eigenvalue weighted by Crippen LogP contribution is 2.19. The van der Waals surface area contributed by atoms with Crippen molar-refractivity contribution < 1.29 is 28.2 Å². The first-order chi connectivity index (χ1) is 12.6. The number of aliphatic imine (C=N–C) groups is 1. The molecule has 0 aliphatic heterocycles. The summed E-state index contributed by atoms with van der Waals surface area (Å²) in [7, 11) is 0. The number of aliphatic hydroxyl groups excluding tert-OH is 1. The fraction of sp³-hybridized carbons (Fsp3) is 0.556. The van der Waals surface area contributed by atoms with Gasteiger partial charge >= 0.3 is 12.6 Å². The number of hydrogen-bond donors (Lipinski definition) is 3. The van der Waals surface area contributed by atoms with Crippen molar-refractivity contribution in [2.75, 3.05) is 19.6 Å². The molecule has 28 heavy (non-hydrogen) atoms. The lowest BCUT2D eigenvalue weighted by molar-refractivity contribution is -0.152. The second-order valence-corrected chi connectivity index (χ2v) is 6.63. The summed E-state index contributed by atoms with van der Waals surface area (Å²) < 4.78 is 33.7. The Morgan fingerprint density at radius 1 is 1.21 bits per heavy atom. The molecule has 1 atom stereocenters. The van der Waals surface area contributed by atoms with Crippen molar-refractivity contribution in [1.29, 1.82) is 0 Å². The number of nitrogens with one attached hydrogen (secondary N) is 2. The molecule has 0 aliphatic carbocycles. The number of carbonyl (C=O) groups is 1. The number of alkyl halides is 2. The van der Waals surface area contributed by atoms with Crippen LogP contribution in [0.15, 0.2) is 29.3 Å². The molecular formula is C18H28F2IN3O4. The van der Waals surface area contributed by atoms with Crippen LogP contribution in [-0.2, 0) is 9.53 Å². The molecule has 1 aromatic rings. The number of halogens is 3. The van der Waals surface area contributed by atoms with Crippen molar-refractivity contribution >= 4 is 35.9 Å². The van der Waals surface area contributed by atoms with E-state index in [1.165, 1.54) is 24.3 Å². The third-order valence-electron chi connectivity index (χ3n) is 3.08. The van der Waals surface area contributed by atoms with Crippen LogP contribution in [0.5, 0.6) is 5.75 Å². The lowest BCUT2D eigenvalue weighted by Gasteiger charge is -2.19. The fourth-order valence-electron chi connectivity index (χ4n) is 2.04. The van der Waals surface area contributed by atoms with E-state index in [1.54, 1.807) is 20.8 Å². The van der Waals surface area contributed by atoms with Gasteiger partial charge < -0.3 is 25.2 Å². The van der Waals surface area contributed by atoms with Gasteiger partial charge in [-0.2, -0.15) is 8.78 Å². The lowest BCUT2D eigenvalue weighted by atomic mass is 10.1. The van der Waals surface area contributed by atoms with Crippen molar-refractivity contribution in [2.45, 2.75) is 46.0 Å². The zero-order valence-corrected chi connectivity index (χ0v) is 18.7. The SMILES string of the molecule is CCNC(=NCC(=O)OC(C)(C)C)NCC(O)c1ccc(OC(F)F)cc1.I. The summed E-state index contributed by atoms with van der Waals surface area (Å²) in [5.41, 5.74) is -0.0681. The second kappa shape index (κ2) is 12.7. The van der Waals surface area contributed by atoms with Gasteiger partial charge in [0.2, 0.25) is 0 Å². The number of rotatable bonds is 8. The van der Waals surface area contributed by atoms with Crippen LogP contribution in [0.3, 0.4) is 0 Å². The molecule has 160 valence electrons. The van der Waals surface area contributed by atoms with Gasteiger partial charge in [0.15, 0.2) is 5.96 Å². The largest absolute Gasteiger partial charge is 0.459 e. The van der Waals surface area contributed by atoms with Gasteiger partial charge in [-0.3, -0.25) is 4.79 Å². The minimum atomic E-state index is -2.90. The van der Waals surface area contributed by atoms with Crippen LogP contribution >= 0.6 is 24.0 Å². The zero-order valence-electron chi connectivity index (χ0n) is 16.4. The molecule has 1 aromatic carbocycles. The van der Waals surface area contributed by atoms with Gasteiger partial charge in [-0.05, 0) is 45.4 Å². The van der Waals surface area contributed by atoms with E-state index < -0.39 is 24.3 Å². The van der Waals surface area contributed by atoms with E-state index in [2.05, 4.69) is 20.4 Å². The average molecular weight is 515 g/mol. The number of benzene rings is 1. The van der Waals surface area contributed by atoms with E-state index in [9.17, 15) is 18.7 Å². The van der Waals surface area contributed by atoms with Gasteiger partial charge in [0.05, 0.1) is 6.10 Å². The van der Waals surface area contributed by atoms with Crippen LogP contribution < -0.4 is 15.4 Å². The number of nitrogens with zero attached hydrogens (tertiary/aromatic N) is 1. The molecule has 1 unspecified atom stereocenters. The molecule has 0 bridgehead atoms. The van der Waals surface area contributed by atoms with E-state index in [4.69, 9.17) is 4.74 Å². The maximum absolute atomic E-state index is 12.1. The minimum absolute atomic E-state index is 0. The summed E-state index contributed by atoms with van der Waals surface area (Å²) >= 11 is 0. The Morgan fingerprint density at radius 3 is 2.32 bits per heavy atom. The van der Waals surface area contributed by atoms with Crippen molar-refractivity contribution in [3.63, 3.8) is 0 Å². The summed E-state index contributed by atoms with van der Waals surface area (Å²) in [5, 5.41) is 16.1. The van der Waals surface area contributed by atoms with Gasteiger partial charge in [0.25, 0.3) is 0 Å². The van der Waals surface area contributed by atoms with Gasteiger partial charge in [-0.15, -0.1) is 24.0 Å². The Hall–Kier alpha value is -1.69. The van der Waals surface area contributed by atoms with E-state index in [1.807, 2.05) is 6.92 Å². The fourth-order valence-corrected chi connectivity index (χ4v) is 2.04. The van der Waals surface area contributed by atoms with E-state index in [0.717, 1.165) is 0 Å². The lowest BCUT2D eigenvalue weighted by Crippen LogP contribution is -2.40. The normalized spacial score (nSPS) is 12.8. The summed E-state index contributed by atoms with van der Waals surface area (Å²) in [6.45, 7) is 4.78. The van der Waals surface area contributed by atoms with Crippen LogP contribution in [0.2, 0.25) is 0 Å². The number of aliphatic hydroxyl groups is 1. The van der Waals surface area contributed by atoms with Crippen molar-refractivity contribution in [2.24, 2.45) is 4.99 Å². The molecule has 7 nitrogen and oxygen atoms in total. The molecule has 0 radical (unpaired) electrons. The van der Waals surface area contributed by atoms with Crippen LogP contribution in [0, 0.1) is 0 Å². The van der Waals surface area contributed by atoms with Gasteiger partial charge in [0, 0.05) is 13.1 Å². The van der Waals surface area contributed by atoms with Gasteiger partial charge in [-0.25, -0.2) is 4.99 Å². The number of carbonyl (C=O) groups excluding carboxylic acids is 1. The Bertz CT molecular complexity index is 622. The molecule has 0 amide bonds. The Labute approximate surface area is 180 Å². The monoisotopic (exact) mass is 515 g/mol. The second-order valence-electron chi connectivity index (χ2n) is 6.63. The van der Waals surface area contributed by atoms with E-state index in [-0.39, 0.29) is 42.8 Å². The Morgan fingerprint density at radius 2 is 1.82 bits per heavy atom. The van der Waals surface area contributed by atoms with Crippen LogP contribution in [0.1, 0.15) is 39.4 Å². The van der Waals surface area contributed by atoms with Crippen molar-refractivity contribution in [1.82, 2.24) is 10.6 Å². The molecule has 0 aromatic heterocycles. The van der Waals surface area contributed by atoms with Crippen LogP contribution in [-0.4, -0.2) is 48.9 Å². The summed E-state index contributed by atoms with van der Waals surface area (Å²) in [5.74, 6) is -0.101. The molecule has 0 heterocycles. The van der Waals surface area contributed by atoms with E-state index >= 15 is 0 Å².